The molecular weight excluding hydrogens is 831 g/mol. The topological polar surface area (TPSA) is 45.7 Å². The van der Waals surface area contributed by atoms with Crippen LogP contribution in [0, 0.1) is 0 Å². The highest BCUT2D eigenvalue weighted by molar-refractivity contribution is 6.23. The number of fused-ring (bicyclic) bond motifs is 9. The molecule has 0 saturated carbocycles. The van der Waals surface area contributed by atoms with E-state index in [0.717, 1.165) is 99.8 Å². The van der Waals surface area contributed by atoms with Gasteiger partial charge in [0.2, 0.25) is 5.89 Å². The van der Waals surface area contributed by atoms with Gasteiger partial charge in [0, 0.05) is 61.2 Å². The first kappa shape index (κ1) is 39.2. The molecule has 0 spiro atoms. The summed E-state index contributed by atoms with van der Waals surface area (Å²) in [7, 11) is 0. The maximum Gasteiger partial charge on any atom is 0.227 e. The first-order valence-corrected chi connectivity index (χ1v) is 22.9. The van der Waals surface area contributed by atoms with Crippen molar-refractivity contribution in [3.05, 3.63) is 249 Å². The summed E-state index contributed by atoms with van der Waals surface area (Å²) in [6.07, 6.45) is 0. The molecule has 320 valence electrons. The number of oxazole rings is 1. The Bertz CT molecular complexity index is 3930. The Kier molecular flexibility index (Phi) is 9.43. The van der Waals surface area contributed by atoms with Crippen molar-refractivity contribution >= 4 is 88.7 Å². The van der Waals surface area contributed by atoms with E-state index in [4.69, 9.17) is 13.8 Å². The minimum Gasteiger partial charge on any atom is -0.456 e. The highest BCUT2D eigenvalue weighted by atomic mass is 16.3. The van der Waals surface area contributed by atoms with E-state index in [2.05, 4.69) is 246 Å². The van der Waals surface area contributed by atoms with E-state index in [9.17, 15) is 0 Å². The second-order valence-corrected chi connectivity index (χ2v) is 17.1. The van der Waals surface area contributed by atoms with Crippen LogP contribution in [0.1, 0.15) is 0 Å². The molecule has 0 aliphatic rings. The van der Waals surface area contributed by atoms with Crippen LogP contribution >= 0.6 is 0 Å². The van der Waals surface area contributed by atoms with Crippen molar-refractivity contribution in [2.45, 2.75) is 0 Å². The van der Waals surface area contributed by atoms with Crippen LogP contribution in [0.4, 0.5) is 34.1 Å². The van der Waals surface area contributed by atoms with Crippen molar-refractivity contribution in [3.8, 4) is 33.7 Å². The Morgan fingerprint density at radius 2 is 0.765 bits per heavy atom. The molecule has 0 radical (unpaired) electrons. The monoisotopic (exact) mass is 871 g/mol. The molecule has 13 aromatic rings. The van der Waals surface area contributed by atoms with E-state index in [0.29, 0.717) is 5.89 Å². The van der Waals surface area contributed by atoms with Gasteiger partial charge in [0.1, 0.15) is 16.7 Å². The summed E-state index contributed by atoms with van der Waals surface area (Å²) in [4.78, 5) is 9.94. The molecule has 5 nitrogen and oxygen atoms in total. The summed E-state index contributed by atoms with van der Waals surface area (Å²) < 4.78 is 13.2. The smallest absolute Gasteiger partial charge is 0.227 e. The number of anilines is 6. The number of benzene rings is 11. The molecule has 5 heteroatoms. The Morgan fingerprint density at radius 1 is 0.279 bits per heavy atom. The number of furan rings is 1. The second-order valence-electron chi connectivity index (χ2n) is 17.1. The molecule has 0 atom stereocenters. The van der Waals surface area contributed by atoms with Gasteiger partial charge in [0.25, 0.3) is 0 Å². The molecule has 0 unspecified atom stereocenters. The third-order valence-corrected chi connectivity index (χ3v) is 13.1. The van der Waals surface area contributed by atoms with Crippen LogP contribution in [-0.4, -0.2) is 4.98 Å². The highest BCUT2D eigenvalue weighted by Gasteiger charge is 2.21. The Labute approximate surface area is 393 Å². The number of para-hydroxylation sites is 3. The lowest BCUT2D eigenvalue weighted by Crippen LogP contribution is -2.10. The van der Waals surface area contributed by atoms with Gasteiger partial charge in [0.05, 0.1) is 0 Å². The van der Waals surface area contributed by atoms with Crippen LogP contribution in [0.5, 0.6) is 0 Å². The number of rotatable bonds is 9. The first-order chi connectivity index (χ1) is 33.7. The van der Waals surface area contributed by atoms with Gasteiger partial charge >= 0.3 is 0 Å². The minimum atomic E-state index is 0.558. The maximum absolute atomic E-state index is 6.89. The lowest BCUT2D eigenvalue weighted by Gasteiger charge is -2.26. The van der Waals surface area contributed by atoms with Gasteiger partial charge in [-0.05, 0) is 130 Å². The quantitative estimate of drug-likeness (QED) is 0.135. The van der Waals surface area contributed by atoms with Gasteiger partial charge in [-0.1, -0.05) is 152 Å². The molecule has 0 amide bonds. The molecule has 68 heavy (non-hydrogen) atoms. The third-order valence-electron chi connectivity index (χ3n) is 13.1. The van der Waals surface area contributed by atoms with Crippen molar-refractivity contribution in [1.82, 2.24) is 4.98 Å². The van der Waals surface area contributed by atoms with Gasteiger partial charge in [-0.3, -0.25) is 0 Å². The van der Waals surface area contributed by atoms with E-state index in [1.807, 2.05) is 12.1 Å². The lowest BCUT2D eigenvalue weighted by atomic mass is 9.94. The Hall–Kier alpha value is -9.19. The van der Waals surface area contributed by atoms with Crippen LogP contribution in [-0.2, 0) is 0 Å². The van der Waals surface area contributed by atoms with Gasteiger partial charge in [-0.25, -0.2) is 4.98 Å². The molecular formula is C63H41N3O2. The normalized spacial score (nSPS) is 11.5. The zero-order valence-corrected chi connectivity index (χ0v) is 36.8. The van der Waals surface area contributed by atoms with Gasteiger partial charge in [-0.15, -0.1) is 0 Å². The second kappa shape index (κ2) is 16.4. The molecule has 0 aliphatic carbocycles. The van der Waals surface area contributed by atoms with Crippen molar-refractivity contribution in [2.75, 3.05) is 9.80 Å². The molecule has 13 rings (SSSR count). The standard InChI is InChI=1S/C63H41N3O2/c1-4-17-42(18-5-1)51-25-10-11-26-52(51)43-31-33-47(34-32-43)66(50-36-38-60-58(41-50)54-28-14-15-30-59(54)67-60)48-24-16-19-44(39-48)63-64-61-55-37-35-49(40-57(55)53-27-12-13-29-56(53)62(61)68-63)65(45-20-6-2-7-21-45)46-22-8-3-9-23-46/h1-41H. The summed E-state index contributed by atoms with van der Waals surface area (Å²) in [5, 5.41) is 6.41. The summed E-state index contributed by atoms with van der Waals surface area (Å²) in [6, 6.07) is 87.5. The summed E-state index contributed by atoms with van der Waals surface area (Å²) >= 11 is 0. The molecule has 11 aromatic carbocycles. The zero-order chi connectivity index (χ0) is 45.0. The van der Waals surface area contributed by atoms with Crippen molar-refractivity contribution in [1.29, 1.82) is 0 Å². The van der Waals surface area contributed by atoms with E-state index in [1.165, 1.54) is 16.7 Å². The van der Waals surface area contributed by atoms with Crippen LogP contribution in [0.25, 0.3) is 88.3 Å². The van der Waals surface area contributed by atoms with E-state index in [-0.39, 0.29) is 0 Å². The SMILES string of the molecule is c1ccc(-c2ccccc2-c2ccc(N(c3cccc(-c4nc5c6ccc(N(c7ccccc7)c7ccccc7)cc6c6ccccc6c5o4)c3)c3ccc4oc5ccccc5c4c3)cc2)cc1. The molecule has 0 aliphatic heterocycles. The molecule has 0 bridgehead atoms. The fraction of sp³-hybridized carbons (Fsp3) is 0. The number of hydrogen-bond acceptors (Lipinski definition) is 5. The molecule has 0 saturated heterocycles. The predicted molar refractivity (Wildman–Crippen MR) is 282 cm³/mol. The summed E-state index contributed by atoms with van der Waals surface area (Å²) in [5.74, 6) is 0.558. The third kappa shape index (κ3) is 6.76. The van der Waals surface area contributed by atoms with Crippen LogP contribution in [0.3, 0.4) is 0 Å². The largest absolute Gasteiger partial charge is 0.456 e. The van der Waals surface area contributed by atoms with Gasteiger partial charge < -0.3 is 18.6 Å². The van der Waals surface area contributed by atoms with E-state index in [1.54, 1.807) is 0 Å². The van der Waals surface area contributed by atoms with Crippen molar-refractivity contribution in [2.24, 2.45) is 0 Å². The van der Waals surface area contributed by atoms with Gasteiger partial charge in [0.15, 0.2) is 5.58 Å². The average Bonchev–Trinajstić information content (AvgIpc) is 4.03. The molecule has 0 fully saturated rings. The number of hydrogen-bond donors (Lipinski definition) is 0. The van der Waals surface area contributed by atoms with Crippen LogP contribution < -0.4 is 9.80 Å². The molecule has 2 aromatic heterocycles. The van der Waals surface area contributed by atoms with Gasteiger partial charge in [-0.2, -0.15) is 0 Å². The number of nitrogens with zero attached hydrogens (tertiary/aromatic N) is 3. The highest BCUT2D eigenvalue weighted by Crippen LogP contribution is 2.44. The molecule has 0 N–H and O–H groups in total. The van der Waals surface area contributed by atoms with Crippen LogP contribution in [0.2, 0.25) is 0 Å². The summed E-state index contributed by atoms with van der Waals surface area (Å²) in [6.45, 7) is 0. The minimum absolute atomic E-state index is 0.558. The number of aromatic nitrogens is 1. The van der Waals surface area contributed by atoms with Crippen molar-refractivity contribution < 1.29 is 8.83 Å². The van der Waals surface area contributed by atoms with E-state index < -0.39 is 0 Å². The fourth-order valence-corrected chi connectivity index (χ4v) is 9.90. The molecule has 2 heterocycles. The average molecular weight is 872 g/mol. The zero-order valence-electron chi connectivity index (χ0n) is 36.8. The van der Waals surface area contributed by atoms with Crippen molar-refractivity contribution in [3.63, 3.8) is 0 Å². The maximum atomic E-state index is 6.89. The Morgan fingerprint density at radius 3 is 1.49 bits per heavy atom. The van der Waals surface area contributed by atoms with E-state index >= 15 is 0 Å². The van der Waals surface area contributed by atoms with Crippen LogP contribution in [0.15, 0.2) is 258 Å². The fourth-order valence-electron chi connectivity index (χ4n) is 9.90. The summed E-state index contributed by atoms with van der Waals surface area (Å²) in [5.41, 5.74) is 15.1. The lowest BCUT2D eigenvalue weighted by molar-refractivity contribution is 0.623. The predicted octanol–water partition coefficient (Wildman–Crippen LogP) is 18.0. The first-order valence-electron chi connectivity index (χ1n) is 22.9. The Balaban J connectivity index is 0.944.